The number of ketones is 1. The van der Waals surface area contributed by atoms with Gasteiger partial charge in [-0.05, 0) is 18.6 Å². The van der Waals surface area contributed by atoms with Crippen LogP contribution in [0.25, 0.3) is 0 Å². The number of carbonyl (C=O) groups is 4. The van der Waals surface area contributed by atoms with Gasteiger partial charge in [0, 0.05) is 18.4 Å². The first-order valence-electron chi connectivity index (χ1n) is 7.11. The number of methoxy groups -OCH3 is 1. The number of Topliss-reactive ketones (excluding diaryl/α,β-unsaturated/α-hetero) is 1. The molecule has 0 aromatic heterocycles. The lowest BCUT2D eigenvalue weighted by atomic mass is 9.71. The molecule has 2 N–H and O–H groups in total. The van der Waals surface area contributed by atoms with E-state index in [1.54, 1.807) is 30.3 Å². The predicted molar refractivity (Wildman–Crippen MR) is 78.6 cm³/mol. The van der Waals surface area contributed by atoms with Crippen LogP contribution in [-0.4, -0.2) is 41.4 Å². The molecule has 0 spiro atoms. The summed E-state index contributed by atoms with van der Waals surface area (Å²) in [7, 11) is 1.12. The molecule has 0 unspecified atom stereocenters. The van der Waals surface area contributed by atoms with E-state index in [0.717, 1.165) is 7.11 Å². The number of hydrogen-bond acceptors (Lipinski definition) is 5. The maximum absolute atomic E-state index is 12.4. The van der Waals surface area contributed by atoms with Crippen LogP contribution < -0.4 is 5.32 Å². The number of ether oxygens (including phenoxy) is 1. The third kappa shape index (κ3) is 3.23. The summed E-state index contributed by atoms with van der Waals surface area (Å²) in [6, 6.07) is 8.12. The molecular weight excluding hydrogens is 302 g/mol. The van der Waals surface area contributed by atoms with E-state index in [2.05, 4.69) is 5.32 Å². The van der Waals surface area contributed by atoms with Crippen molar-refractivity contribution in [2.45, 2.75) is 24.8 Å². The van der Waals surface area contributed by atoms with Gasteiger partial charge in [-0.1, -0.05) is 18.2 Å². The second-order valence-electron chi connectivity index (χ2n) is 5.42. The summed E-state index contributed by atoms with van der Waals surface area (Å²) in [5, 5.41) is 11.9. The zero-order valence-corrected chi connectivity index (χ0v) is 12.6. The van der Waals surface area contributed by atoms with Gasteiger partial charge >= 0.3 is 11.9 Å². The SMILES string of the molecule is COC(=O)[C@]1(NC(=O)c2ccccc2)CCC(=O)C[C@H]1C(=O)O. The Kier molecular flexibility index (Phi) is 4.78. The van der Waals surface area contributed by atoms with E-state index in [0.29, 0.717) is 0 Å². The van der Waals surface area contributed by atoms with Gasteiger partial charge in [-0.3, -0.25) is 14.4 Å². The van der Waals surface area contributed by atoms with Crippen LogP contribution in [0.3, 0.4) is 0 Å². The molecule has 1 fully saturated rings. The summed E-state index contributed by atoms with van der Waals surface area (Å²) >= 11 is 0. The maximum Gasteiger partial charge on any atom is 0.332 e. The Hall–Kier alpha value is -2.70. The van der Waals surface area contributed by atoms with E-state index in [4.69, 9.17) is 4.74 Å². The average Bonchev–Trinajstić information content (AvgIpc) is 2.56. The third-order valence-corrected chi connectivity index (χ3v) is 4.05. The first-order chi connectivity index (χ1) is 10.9. The van der Waals surface area contributed by atoms with Crippen molar-refractivity contribution in [3.05, 3.63) is 35.9 Å². The lowest BCUT2D eigenvalue weighted by Gasteiger charge is -2.39. The molecule has 0 radical (unpaired) electrons. The third-order valence-electron chi connectivity index (χ3n) is 4.05. The molecular formula is C16H17NO6. The fourth-order valence-electron chi connectivity index (χ4n) is 2.80. The smallest absolute Gasteiger partial charge is 0.332 e. The van der Waals surface area contributed by atoms with Crippen LogP contribution in [0.5, 0.6) is 0 Å². The maximum atomic E-state index is 12.4. The normalized spacial score (nSPS) is 23.9. The molecule has 1 saturated carbocycles. The molecule has 122 valence electrons. The lowest BCUT2D eigenvalue weighted by Crippen LogP contribution is -2.64. The fraction of sp³-hybridized carbons (Fsp3) is 0.375. The highest BCUT2D eigenvalue weighted by molar-refractivity contribution is 6.01. The Morgan fingerprint density at radius 1 is 1.26 bits per heavy atom. The zero-order chi connectivity index (χ0) is 17.0. The molecule has 0 aliphatic heterocycles. The summed E-state index contributed by atoms with van der Waals surface area (Å²) < 4.78 is 4.72. The first-order valence-corrected chi connectivity index (χ1v) is 7.11. The minimum absolute atomic E-state index is 0.00789. The second-order valence-corrected chi connectivity index (χ2v) is 5.42. The van der Waals surface area contributed by atoms with Crippen LogP contribution in [-0.2, 0) is 19.1 Å². The van der Waals surface area contributed by atoms with Crippen molar-refractivity contribution < 1.29 is 29.0 Å². The van der Waals surface area contributed by atoms with Crippen LogP contribution in [0.1, 0.15) is 29.6 Å². The molecule has 7 heteroatoms. The van der Waals surface area contributed by atoms with E-state index in [-0.39, 0.29) is 30.6 Å². The van der Waals surface area contributed by atoms with Gasteiger partial charge in [-0.25, -0.2) is 4.79 Å². The van der Waals surface area contributed by atoms with Gasteiger partial charge in [-0.15, -0.1) is 0 Å². The molecule has 0 saturated heterocycles. The van der Waals surface area contributed by atoms with Crippen molar-refractivity contribution in [3.8, 4) is 0 Å². The Morgan fingerprint density at radius 3 is 2.48 bits per heavy atom. The minimum atomic E-state index is -1.75. The van der Waals surface area contributed by atoms with E-state index in [9.17, 15) is 24.3 Å². The van der Waals surface area contributed by atoms with Gasteiger partial charge in [-0.2, -0.15) is 0 Å². The zero-order valence-electron chi connectivity index (χ0n) is 12.6. The summed E-state index contributed by atoms with van der Waals surface area (Å²) in [5.74, 6) is -4.38. The lowest BCUT2D eigenvalue weighted by molar-refractivity contribution is -0.163. The van der Waals surface area contributed by atoms with Gasteiger partial charge in [0.2, 0.25) is 0 Å². The second kappa shape index (κ2) is 6.60. The molecule has 2 rings (SSSR count). The number of carboxylic acids is 1. The summed E-state index contributed by atoms with van der Waals surface area (Å²) in [5.41, 5.74) is -1.46. The van der Waals surface area contributed by atoms with Crippen molar-refractivity contribution in [1.29, 1.82) is 0 Å². The molecule has 0 bridgehead atoms. The Balaban J connectivity index is 2.39. The van der Waals surface area contributed by atoms with E-state index >= 15 is 0 Å². The van der Waals surface area contributed by atoms with Crippen molar-refractivity contribution in [3.63, 3.8) is 0 Å². The Bertz CT molecular complexity index is 641. The van der Waals surface area contributed by atoms with E-state index in [1.165, 1.54) is 0 Å². The van der Waals surface area contributed by atoms with Gasteiger partial charge in [0.05, 0.1) is 13.0 Å². The number of hydrogen-bond donors (Lipinski definition) is 2. The number of esters is 1. The number of aliphatic carboxylic acids is 1. The molecule has 0 heterocycles. The fourth-order valence-corrected chi connectivity index (χ4v) is 2.80. The highest BCUT2D eigenvalue weighted by Gasteiger charge is 2.54. The van der Waals surface area contributed by atoms with Crippen molar-refractivity contribution in [2.24, 2.45) is 5.92 Å². The van der Waals surface area contributed by atoms with Gasteiger partial charge < -0.3 is 15.2 Å². The van der Waals surface area contributed by atoms with E-state index < -0.39 is 29.3 Å². The summed E-state index contributed by atoms with van der Waals surface area (Å²) in [6.45, 7) is 0. The number of amides is 1. The van der Waals surface area contributed by atoms with Crippen LogP contribution >= 0.6 is 0 Å². The number of benzene rings is 1. The van der Waals surface area contributed by atoms with E-state index in [1.807, 2.05) is 0 Å². The number of rotatable bonds is 4. The molecule has 1 aromatic rings. The van der Waals surface area contributed by atoms with Gasteiger partial charge in [0.15, 0.2) is 5.54 Å². The number of carbonyl (C=O) groups excluding carboxylic acids is 3. The van der Waals surface area contributed by atoms with Crippen LogP contribution in [0, 0.1) is 5.92 Å². The standard InChI is InChI=1S/C16H17NO6/c1-23-15(22)16(8-7-11(18)9-12(16)14(20)21)17-13(19)10-5-3-2-4-6-10/h2-6,12H,7-9H2,1H3,(H,17,19)(H,20,21)/t12-,16-/m0/s1. The molecule has 1 aliphatic carbocycles. The molecule has 1 aromatic carbocycles. The van der Waals surface area contributed by atoms with Crippen molar-refractivity contribution in [1.82, 2.24) is 5.32 Å². The molecule has 23 heavy (non-hydrogen) atoms. The average molecular weight is 319 g/mol. The molecule has 1 aliphatic rings. The van der Waals surface area contributed by atoms with Crippen LogP contribution in [0.4, 0.5) is 0 Å². The van der Waals surface area contributed by atoms with Crippen LogP contribution in [0.2, 0.25) is 0 Å². The molecule has 1 amide bonds. The highest BCUT2D eigenvalue weighted by atomic mass is 16.5. The van der Waals surface area contributed by atoms with Gasteiger partial charge in [0.25, 0.3) is 5.91 Å². The quantitative estimate of drug-likeness (QED) is 0.794. The van der Waals surface area contributed by atoms with Crippen LogP contribution in [0.15, 0.2) is 30.3 Å². The minimum Gasteiger partial charge on any atom is -0.481 e. The highest BCUT2D eigenvalue weighted by Crippen LogP contribution is 2.34. The first kappa shape index (κ1) is 16.7. The monoisotopic (exact) mass is 319 g/mol. The summed E-state index contributed by atoms with van der Waals surface area (Å²) in [4.78, 5) is 47.8. The number of carboxylic acid groups (broad SMARTS) is 1. The largest absolute Gasteiger partial charge is 0.481 e. The Labute approximate surface area is 132 Å². The number of nitrogens with one attached hydrogen (secondary N) is 1. The Morgan fingerprint density at radius 2 is 1.91 bits per heavy atom. The van der Waals surface area contributed by atoms with Gasteiger partial charge in [0.1, 0.15) is 5.78 Å². The predicted octanol–water partition coefficient (Wildman–Crippen LogP) is 0.782. The van der Waals surface area contributed by atoms with Crippen molar-refractivity contribution >= 4 is 23.6 Å². The molecule has 2 atom stereocenters. The molecule has 7 nitrogen and oxygen atoms in total. The topological polar surface area (TPSA) is 110 Å². The summed E-state index contributed by atoms with van der Waals surface area (Å²) in [6.07, 6.45) is -0.415. The van der Waals surface area contributed by atoms with Crippen molar-refractivity contribution in [2.75, 3.05) is 7.11 Å².